The van der Waals surface area contributed by atoms with Gasteiger partial charge in [0.15, 0.2) is 0 Å². The molecule has 0 saturated carbocycles. The first-order valence-electron chi connectivity index (χ1n) is 8.08. The molecule has 1 N–H and O–H groups in total. The largest absolute Gasteiger partial charge is 0.423 e. The van der Waals surface area contributed by atoms with Gasteiger partial charge in [-0.2, -0.15) is 5.10 Å². The predicted octanol–water partition coefficient (Wildman–Crippen LogP) is 3.81. The van der Waals surface area contributed by atoms with Crippen molar-refractivity contribution in [3.63, 3.8) is 0 Å². The van der Waals surface area contributed by atoms with E-state index in [4.69, 9.17) is 4.74 Å². The third-order valence-corrected chi connectivity index (χ3v) is 3.56. The van der Waals surface area contributed by atoms with Crippen LogP contribution in [0.1, 0.15) is 26.3 Å². The van der Waals surface area contributed by atoms with Crippen LogP contribution in [-0.4, -0.2) is 18.1 Å². The monoisotopic (exact) mass is 362 g/mol. The van der Waals surface area contributed by atoms with Gasteiger partial charge in [-0.15, -0.1) is 0 Å². The summed E-state index contributed by atoms with van der Waals surface area (Å²) in [5.74, 6) is -0.984. The lowest BCUT2D eigenvalue weighted by Gasteiger charge is -2.05. The molecule has 0 aliphatic heterocycles. The van der Waals surface area contributed by atoms with Crippen molar-refractivity contribution >= 4 is 18.1 Å². The van der Waals surface area contributed by atoms with Crippen LogP contribution in [0.2, 0.25) is 0 Å². The lowest BCUT2D eigenvalue weighted by atomic mass is 10.2. The van der Waals surface area contributed by atoms with E-state index in [2.05, 4.69) is 10.5 Å². The molecule has 0 fully saturated rings. The van der Waals surface area contributed by atoms with Gasteiger partial charge in [0.2, 0.25) is 0 Å². The minimum absolute atomic E-state index is 0.291. The van der Waals surface area contributed by atoms with Gasteiger partial charge in [0.25, 0.3) is 5.91 Å². The van der Waals surface area contributed by atoms with Gasteiger partial charge in [-0.1, -0.05) is 30.3 Å². The first-order valence-corrected chi connectivity index (χ1v) is 8.08. The van der Waals surface area contributed by atoms with Gasteiger partial charge in [0, 0.05) is 5.56 Å². The molecule has 0 bridgehead atoms. The SMILES string of the molecule is O=C(N/N=C/c1cccc(OC(=O)c2ccccc2)c1)c1ccc(F)cc1. The minimum atomic E-state index is -0.464. The number of benzene rings is 3. The smallest absolute Gasteiger partial charge is 0.343 e. The summed E-state index contributed by atoms with van der Waals surface area (Å²) in [7, 11) is 0. The van der Waals surface area contributed by atoms with Crippen molar-refractivity contribution in [2.24, 2.45) is 5.10 Å². The van der Waals surface area contributed by atoms with E-state index in [1.54, 1.807) is 48.5 Å². The predicted molar refractivity (Wildman–Crippen MR) is 99.3 cm³/mol. The van der Waals surface area contributed by atoms with Crippen LogP contribution in [0.5, 0.6) is 5.75 Å². The van der Waals surface area contributed by atoms with Gasteiger partial charge in [-0.25, -0.2) is 14.6 Å². The summed E-state index contributed by atoms with van der Waals surface area (Å²) >= 11 is 0. The fourth-order valence-corrected chi connectivity index (χ4v) is 2.23. The summed E-state index contributed by atoms with van der Waals surface area (Å²) in [4.78, 5) is 24.0. The molecule has 0 aliphatic rings. The van der Waals surface area contributed by atoms with E-state index >= 15 is 0 Å². The highest BCUT2D eigenvalue weighted by atomic mass is 19.1. The summed E-state index contributed by atoms with van der Waals surface area (Å²) in [5.41, 5.74) is 3.72. The number of nitrogens with one attached hydrogen (secondary N) is 1. The van der Waals surface area contributed by atoms with E-state index in [0.717, 1.165) is 0 Å². The number of hydrogen-bond acceptors (Lipinski definition) is 4. The molecule has 3 aromatic rings. The maximum Gasteiger partial charge on any atom is 0.343 e. The Kier molecular flexibility index (Phi) is 5.69. The Labute approximate surface area is 155 Å². The van der Waals surface area contributed by atoms with Crippen LogP contribution < -0.4 is 10.2 Å². The van der Waals surface area contributed by atoms with Crippen molar-refractivity contribution < 1.29 is 18.7 Å². The Hall–Kier alpha value is -3.80. The van der Waals surface area contributed by atoms with E-state index in [1.807, 2.05) is 6.07 Å². The van der Waals surface area contributed by atoms with E-state index in [0.29, 0.717) is 22.4 Å². The molecule has 0 saturated heterocycles. The number of hydrogen-bond donors (Lipinski definition) is 1. The minimum Gasteiger partial charge on any atom is -0.423 e. The summed E-state index contributed by atoms with van der Waals surface area (Å²) in [6, 6.07) is 20.5. The molecule has 5 nitrogen and oxygen atoms in total. The number of esters is 1. The highest BCUT2D eigenvalue weighted by molar-refractivity contribution is 5.95. The molecular weight excluding hydrogens is 347 g/mol. The fourth-order valence-electron chi connectivity index (χ4n) is 2.23. The van der Waals surface area contributed by atoms with Crippen LogP contribution in [0.4, 0.5) is 4.39 Å². The molecule has 0 atom stereocenters. The standard InChI is InChI=1S/C21H15FN2O3/c22-18-11-9-16(10-12-18)20(25)24-23-14-15-5-4-8-19(13-15)27-21(26)17-6-2-1-3-7-17/h1-14H,(H,24,25)/b23-14+. The average molecular weight is 362 g/mol. The van der Waals surface area contributed by atoms with Crippen molar-refractivity contribution in [3.8, 4) is 5.75 Å². The van der Waals surface area contributed by atoms with Gasteiger partial charge in [-0.3, -0.25) is 4.79 Å². The van der Waals surface area contributed by atoms with Gasteiger partial charge in [0.05, 0.1) is 11.8 Å². The normalized spacial score (nSPS) is 10.6. The number of amides is 1. The van der Waals surface area contributed by atoms with Crippen LogP contribution in [0, 0.1) is 5.82 Å². The zero-order valence-corrected chi connectivity index (χ0v) is 14.1. The quantitative estimate of drug-likeness (QED) is 0.325. The molecule has 6 heteroatoms. The summed E-state index contributed by atoms with van der Waals surface area (Å²) < 4.78 is 18.2. The maximum atomic E-state index is 12.9. The number of halogens is 1. The fraction of sp³-hybridized carbons (Fsp3) is 0. The molecule has 3 rings (SSSR count). The second-order valence-electron chi connectivity index (χ2n) is 5.53. The summed E-state index contributed by atoms with van der Waals surface area (Å²) in [5, 5.41) is 3.86. The Morgan fingerprint density at radius 1 is 0.889 bits per heavy atom. The number of carbonyl (C=O) groups is 2. The Balaban J connectivity index is 1.61. The van der Waals surface area contributed by atoms with E-state index in [1.165, 1.54) is 30.5 Å². The number of rotatable bonds is 5. The topological polar surface area (TPSA) is 67.8 Å². The number of carbonyl (C=O) groups excluding carboxylic acids is 2. The van der Waals surface area contributed by atoms with Crippen LogP contribution in [0.15, 0.2) is 84.0 Å². The lowest BCUT2D eigenvalue weighted by molar-refractivity contribution is 0.0734. The Morgan fingerprint density at radius 2 is 1.63 bits per heavy atom. The number of nitrogens with zero attached hydrogens (tertiary/aromatic N) is 1. The van der Waals surface area contributed by atoms with E-state index in [9.17, 15) is 14.0 Å². The van der Waals surface area contributed by atoms with Crippen LogP contribution >= 0.6 is 0 Å². The Bertz CT molecular complexity index is 970. The highest BCUT2D eigenvalue weighted by Crippen LogP contribution is 2.14. The molecule has 134 valence electrons. The van der Waals surface area contributed by atoms with Gasteiger partial charge in [0.1, 0.15) is 11.6 Å². The van der Waals surface area contributed by atoms with Crippen molar-refractivity contribution in [1.82, 2.24) is 5.43 Å². The Morgan fingerprint density at radius 3 is 2.37 bits per heavy atom. The molecule has 0 aliphatic carbocycles. The first-order chi connectivity index (χ1) is 13.1. The van der Waals surface area contributed by atoms with Gasteiger partial charge >= 0.3 is 5.97 Å². The van der Waals surface area contributed by atoms with Crippen molar-refractivity contribution in [3.05, 3.63) is 101 Å². The molecular formula is C21H15FN2O3. The molecule has 0 unspecified atom stereocenters. The van der Waals surface area contributed by atoms with Crippen molar-refractivity contribution in [2.45, 2.75) is 0 Å². The zero-order chi connectivity index (χ0) is 19.1. The number of hydrazone groups is 1. The maximum absolute atomic E-state index is 12.9. The molecule has 0 heterocycles. The second-order valence-corrected chi connectivity index (χ2v) is 5.53. The van der Waals surface area contributed by atoms with Gasteiger partial charge < -0.3 is 4.74 Å². The number of ether oxygens (including phenoxy) is 1. The van der Waals surface area contributed by atoms with Crippen LogP contribution in [0.3, 0.4) is 0 Å². The first kappa shape index (κ1) is 18.0. The summed E-state index contributed by atoms with van der Waals surface area (Å²) in [6.45, 7) is 0. The highest BCUT2D eigenvalue weighted by Gasteiger charge is 2.08. The van der Waals surface area contributed by atoms with Crippen molar-refractivity contribution in [1.29, 1.82) is 0 Å². The van der Waals surface area contributed by atoms with Crippen molar-refractivity contribution in [2.75, 3.05) is 0 Å². The molecule has 0 radical (unpaired) electrons. The van der Waals surface area contributed by atoms with E-state index in [-0.39, 0.29) is 0 Å². The van der Waals surface area contributed by atoms with Gasteiger partial charge in [-0.05, 0) is 54.1 Å². The lowest BCUT2D eigenvalue weighted by Crippen LogP contribution is -2.17. The van der Waals surface area contributed by atoms with Crippen LogP contribution in [-0.2, 0) is 0 Å². The molecule has 1 amide bonds. The third kappa shape index (κ3) is 5.09. The molecule has 0 aromatic heterocycles. The van der Waals surface area contributed by atoms with Crippen LogP contribution in [0.25, 0.3) is 0 Å². The third-order valence-electron chi connectivity index (χ3n) is 3.56. The summed E-state index contributed by atoms with van der Waals surface area (Å²) in [6.07, 6.45) is 1.42. The van der Waals surface area contributed by atoms with E-state index < -0.39 is 17.7 Å². The molecule has 0 spiro atoms. The molecule has 3 aromatic carbocycles. The molecule has 27 heavy (non-hydrogen) atoms. The second kappa shape index (κ2) is 8.53. The zero-order valence-electron chi connectivity index (χ0n) is 14.1. The average Bonchev–Trinajstić information content (AvgIpc) is 2.69.